The summed E-state index contributed by atoms with van der Waals surface area (Å²) in [7, 11) is 2.91. The zero-order chi connectivity index (χ0) is 15.5. The van der Waals surface area contributed by atoms with Crippen molar-refractivity contribution >= 4 is 17.6 Å². The maximum atomic E-state index is 11.1. The Bertz CT molecular complexity index is 499. The number of methoxy groups -OCH3 is 2. The van der Waals surface area contributed by atoms with Gasteiger partial charge in [0.15, 0.2) is 0 Å². The van der Waals surface area contributed by atoms with Crippen LogP contribution in [-0.4, -0.2) is 30.4 Å². The second-order valence-electron chi connectivity index (χ2n) is 5.11. The molecule has 0 saturated carbocycles. The molecule has 1 atom stereocenters. The molecule has 0 aliphatic rings. The van der Waals surface area contributed by atoms with Crippen LogP contribution >= 0.6 is 11.6 Å². The maximum Gasteiger partial charge on any atom is 0.309 e. The molecule has 0 bridgehead atoms. The summed E-state index contributed by atoms with van der Waals surface area (Å²) in [6.07, 6.45) is -0.957. The standard InChI is InChI=1S/C14H19ClO5/c1-14(2,13(17)18)7-9(16)8-5-6-10(19-3)11(15)12(8)20-4/h5-6,9,16H,7H2,1-4H3,(H,17,18). The zero-order valence-corrected chi connectivity index (χ0v) is 12.7. The third kappa shape index (κ3) is 3.35. The molecule has 0 radical (unpaired) electrons. The van der Waals surface area contributed by atoms with E-state index in [9.17, 15) is 9.90 Å². The van der Waals surface area contributed by atoms with Crippen LogP contribution in [0.4, 0.5) is 0 Å². The van der Waals surface area contributed by atoms with E-state index in [2.05, 4.69) is 0 Å². The molecular weight excluding hydrogens is 284 g/mol. The Balaban J connectivity index is 3.14. The van der Waals surface area contributed by atoms with E-state index in [0.717, 1.165) is 0 Å². The van der Waals surface area contributed by atoms with E-state index in [4.69, 9.17) is 26.2 Å². The van der Waals surface area contributed by atoms with Crippen LogP contribution in [0.15, 0.2) is 12.1 Å². The summed E-state index contributed by atoms with van der Waals surface area (Å²) < 4.78 is 10.3. The Morgan fingerprint density at radius 1 is 1.35 bits per heavy atom. The predicted molar refractivity (Wildman–Crippen MR) is 75.5 cm³/mol. The van der Waals surface area contributed by atoms with Gasteiger partial charge in [0, 0.05) is 5.56 Å². The summed E-state index contributed by atoms with van der Waals surface area (Å²) in [5.41, 5.74) is -0.621. The van der Waals surface area contributed by atoms with Gasteiger partial charge >= 0.3 is 5.97 Å². The number of aliphatic hydroxyl groups is 1. The highest BCUT2D eigenvalue weighted by Crippen LogP contribution is 2.42. The quantitative estimate of drug-likeness (QED) is 0.845. The highest BCUT2D eigenvalue weighted by molar-refractivity contribution is 6.33. The van der Waals surface area contributed by atoms with Crippen LogP contribution in [0.5, 0.6) is 11.5 Å². The van der Waals surface area contributed by atoms with Crippen LogP contribution in [0.2, 0.25) is 5.02 Å². The molecule has 0 amide bonds. The van der Waals surface area contributed by atoms with Gasteiger partial charge in [0.2, 0.25) is 0 Å². The van der Waals surface area contributed by atoms with Crippen LogP contribution in [0.1, 0.15) is 31.9 Å². The Labute approximate surface area is 123 Å². The molecule has 1 aromatic carbocycles. The van der Waals surface area contributed by atoms with Crippen LogP contribution in [0, 0.1) is 5.41 Å². The first-order chi connectivity index (χ1) is 9.24. The van der Waals surface area contributed by atoms with E-state index in [-0.39, 0.29) is 11.4 Å². The van der Waals surface area contributed by atoms with Crippen molar-refractivity contribution in [2.24, 2.45) is 5.41 Å². The van der Waals surface area contributed by atoms with Crippen molar-refractivity contribution < 1.29 is 24.5 Å². The lowest BCUT2D eigenvalue weighted by Crippen LogP contribution is -2.26. The van der Waals surface area contributed by atoms with Gasteiger partial charge in [-0.1, -0.05) is 11.6 Å². The number of hydrogen-bond acceptors (Lipinski definition) is 4. The van der Waals surface area contributed by atoms with Crippen molar-refractivity contribution in [1.29, 1.82) is 0 Å². The number of halogens is 1. The molecule has 6 heteroatoms. The molecular formula is C14H19ClO5. The van der Waals surface area contributed by atoms with Crippen molar-refractivity contribution in [1.82, 2.24) is 0 Å². The Morgan fingerprint density at radius 2 is 1.95 bits per heavy atom. The van der Waals surface area contributed by atoms with E-state index < -0.39 is 17.5 Å². The zero-order valence-electron chi connectivity index (χ0n) is 11.9. The molecule has 0 aliphatic heterocycles. The normalized spacial score (nSPS) is 12.9. The monoisotopic (exact) mass is 302 g/mol. The van der Waals surface area contributed by atoms with Crippen LogP contribution in [-0.2, 0) is 4.79 Å². The number of rotatable bonds is 6. The third-order valence-corrected chi connectivity index (χ3v) is 3.52. The van der Waals surface area contributed by atoms with Crippen molar-refractivity contribution in [3.05, 3.63) is 22.7 Å². The minimum Gasteiger partial charge on any atom is -0.495 e. The smallest absolute Gasteiger partial charge is 0.309 e. The van der Waals surface area contributed by atoms with Gasteiger partial charge in [-0.3, -0.25) is 4.79 Å². The number of carboxylic acids is 1. The average molecular weight is 303 g/mol. The highest BCUT2D eigenvalue weighted by atomic mass is 35.5. The molecule has 0 aliphatic carbocycles. The second kappa shape index (κ2) is 6.33. The topological polar surface area (TPSA) is 76.0 Å². The van der Waals surface area contributed by atoms with Gasteiger partial charge in [0.05, 0.1) is 25.7 Å². The van der Waals surface area contributed by atoms with Crippen LogP contribution < -0.4 is 9.47 Å². The number of carboxylic acid groups (broad SMARTS) is 1. The Kier molecular flexibility index (Phi) is 5.25. The number of benzene rings is 1. The molecule has 1 rings (SSSR count). The molecule has 112 valence electrons. The minimum atomic E-state index is -1.06. The fraction of sp³-hybridized carbons (Fsp3) is 0.500. The second-order valence-corrected chi connectivity index (χ2v) is 5.49. The maximum absolute atomic E-state index is 11.1. The summed E-state index contributed by atoms with van der Waals surface area (Å²) in [6, 6.07) is 3.23. The summed E-state index contributed by atoms with van der Waals surface area (Å²) in [6.45, 7) is 3.10. The molecule has 20 heavy (non-hydrogen) atoms. The van der Waals surface area contributed by atoms with Crippen molar-refractivity contribution in [3.8, 4) is 11.5 Å². The van der Waals surface area contributed by atoms with Gasteiger partial charge < -0.3 is 19.7 Å². The largest absolute Gasteiger partial charge is 0.495 e. The van der Waals surface area contributed by atoms with Crippen molar-refractivity contribution in [3.63, 3.8) is 0 Å². The van der Waals surface area contributed by atoms with Crippen molar-refractivity contribution in [2.75, 3.05) is 14.2 Å². The molecule has 2 N–H and O–H groups in total. The van der Waals surface area contributed by atoms with E-state index in [1.807, 2.05) is 0 Å². The van der Waals surface area contributed by atoms with Gasteiger partial charge in [0.1, 0.15) is 16.5 Å². The molecule has 0 saturated heterocycles. The van der Waals surface area contributed by atoms with Gasteiger partial charge in [0.25, 0.3) is 0 Å². The minimum absolute atomic E-state index is 0.0430. The lowest BCUT2D eigenvalue weighted by Gasteiger charge is -2.24. The number of hydrogen-bond donors (Lipinski definition) is 2. The van der Waals surface area contributed by atoms with Gasteiger partial charge in [-0.2, -0.15) is 0 Å². The SMILES string of the molecule is COc1ccc(C(O)CC(C)(C)C(=O)O)c(OC)c1Cl. The molecule has 1 aromatic rings. The Morgan fingerprint density at radius 3 is 2.40 bits per heavy atom. The van der Waals surface area contributed by atoms with E-state index in [1.165, 1.54) is 14.2 Å². The van der Waals surface area contributed by atoms with Crippen molar-refractivity contribution in [2.45, 2.75) is 26.4 Å². The molecule has 0 fully saturated rings. The fourth-order valence-corrected chi connectivity index (χ4v) is 2.19. The number of aliphatic carboxylic acids is 1. The lowest BCUT2D eigenvalue weighted by atomic mass is 9.84. The summed E-state index contributed by atoms with van der Waals surface area (Å²) in [5, 5.41) is 19.6. The summed E-state index contributed by atoms with van der Waals surface area (Å²) >= 11 is 6.11. The average Bonchev–Trinajstić information content (AvgIpc) is 2.37. The highest BCUT2D eigenvalue weighted by Gasteiger charge is 2.32. The van der Waals surface area contributed by atoms with E-state index >= 15 is 0 Å². The predicted octanol–water partition coefficient (Wildman–Crippen LogP) is 2.89. The van der Waals surface area contributed by atoms with Crippen LogP contribution in [0.25, 0.3) is 0 Å². The molecule has 0 aromatic heterocycles. The summed E-state index contributed by atoms with van der Waals surface area (Å²) in [5.74, 6) is -0.258. The number of aliphatic hydroxyl groups excluding tert-OH is 1. The van der Waals surface area contributed by atoms with Crippen LogP contribution in [0.3, 0.4) is 0 Å². The van der Waals surface area contributed by atoms with E-state index in [1.54, 1.807) is 26.0 Å². The molecule has 1 unspecified atom stereocenters. The number of ether oxygens (including phenoxy) is 2. The molecule has 0 spiro atoms. The van der Waals surface area contributed by atoms with E-state index in [0.29, 0.717) is 17.1 Å². The third-order valence-electron chi connectivity index (χ3n) is 3.16. The molecule has 0 heterocycles. The van der Waals surface area contributed by atoms with Gasteiger partial charge in [-0.15, -0.1) is 0 Å². The first-order valence-corrected chi connectivity index (χ1v) is 6.44. The fourth-order valence-electron chi connectivity index (χ4n) is 1.86. The Hall–Kier alpha value is -1.46. The van der Waals surface area contributed by atoms with Gasteiger partial charge in [-0.05, 0) is 32.4 Å². The lowest BCUT2D eigenvalue weighted by molar-refractivity contribution is -0.148. The first kappa shape index (κ1) is 16.6. The first-order valence-electron chi connectivity index (χ1n) is 6.06. The summed E-state index contributed by atoms with van der Waals surface area (Å²) in [4.78, 5) is 11.1. The molecule has 5 nitrogen and oxygen atoms in total. The number of carbonyl (C=O) groups is 1. The van der Waals surface area contributed by atoms with Gasteiger partial charge in [-0.25, -0.2) is 0 Å².